The van der Waals surface area contributed by atoms with Gasteiger partial charge in [-0.1, -0.05) is 29.8 Å². The standard InChI is InChI=1S/C19H22N2O3/c1-13-3-6-15(7-4-13)19(9-11-24-12-10-19)18(23)21-16-8-5-14(2)20-17(16)22/h3-8H,9-12H2,1-2H3,(H,20,22)(H,21,23). The molecule has 0 bridgehead atoms. The van der Waals surface area contributed by atoms with Gasteiger partial charge in [0, 0.05) is 18.9 Å². The second-order valence-electron chi connectivity index (χ2n) is 6.40. The lowest BCUT2D eigenvalue weighted by Crippen LogP contribution is -2.45. The number of H-pyrrole nitrogens is 1. The van der Waals surface area contributed by atoms with Crippen LogP contribution in [0.15, 0.2) is 41.2 Å². The molecule has 0 atom stereocenters. The summed E-state index contributed by atoms with van der Waals surface area (Å²) in [6.45, 7) is 4.89. The van der Waals surface area contributed by atoms with Crippen molar-refractivity contribution in [1.82, 2.24) is 4.98 Å². The SMILES string of the molecule is Cc1ccc(C2(C(=O)Nc3ccc(C)[nH]c3=O)CCOCC2)cc1. The number of hydrogen-bond acceptors (Lipinski definition) is 3. The molecule has 1 amide bonds. The van der Waals surface area contributed by atoms with E-state index in [2.05, 4.69) is 10.3 Å². The van der Waals surface area contributed by atoms with Gasteiger partial charge < -0.3 is 15.0 Å². The first-order chi connectivity index (χ1) is 11.5. The van der Waals surface area contributed by atoms with E-state index < -0.39 is 5.41 Å². The van der Waals surface area contributed by atoms with Crippen LogP contribution >= 0.6 is 0 Å². The van der Waals surface area contributed by atoms with Gasteiger partial charge in [0.25, 0.3) is 5.56 Å². The zero-order valence-corrected chi connectivity index (χ0v) is 14.0. The number of rotatable bonds is 3. The zero-order chi connectivity index (χ0) is 17.2. The third-order valence-corrected chi connectivity index (χ3v) is 4.69. The normalized spacial score (nSPS) is 16.6. The second kappa shape index (κ2) is 6.61. The number of aryl methyl sites for hydroxylation is 2. The molecule has 2 aromatic rings. The summed E-state index contributed by atoms with van der Waals surface area (Å²) < 4.78 is 5.46. The highest BCUT2D eigenvalue weighted by Gasteiger charge is 2.41. The van der Waals surface area contributed by atoms with Crippen LogP contribution in [0.5, 0.6) is 0 Å². The van der Waals surface area contributed by atoms with E-state index in [9.17, 15) is 9.59 Å². The van der Waals surface area contributed by atoms with Crippen molar-refractivity contribution in [1.29, 1.82) is 0 Å². The molecule has 2 heterocycles. The quantitative estimate of drug-likeness (QED) is 0.911. The predicted molar refractivity (Wildman–Crippen MR) is 93.3 cm³/mol. The lowest BCUT2D eigenvalue weighted by Gasteiger charge is -2.36. The minimum absolute atomic E-state index is 0.149. The van der Waals surface area contributed by atoms with Gasteiger partial charge in [-0.3, -0.25) is 9.59 Å². The summed E-state index contributed by atoms with van der Waals surface area (Å²) in [6, 6.07) is 11.4. The first kappa shape index (κ1) is 16.5. The Morgan fingerprint density at radius 3 is 2.38 bits per heavy atom. The molecule has 1 aromatic heterocycles. The van der Waals surface area contributed by atoms with E-state index in [0.29, 0.717) is 26.1 Å². The van der Waals surface area contributed by atoms with Gasteiger partial charge in [0.1, 0.15) is 5.69 Å². The van der Waals surface area contributed by atoms with Gasteiger partial charge in [-0.15, -0.1) is 0 Å². The van der Waals surface area contributed by atoms with E-state index in [1.807, 2.05) is 31.2 Å². The monoisotopic (exact) mass is 326 g/mol. The first-order valence-corrected chi connectivity index (χ1v) is 8.17. The summed E-state index contributed by atoms with van der Waals surface area (Å²) in [6.07, 6.45) is 1.21. The van der Waals surface area contributed by atoms with Crippen molar-refractivity contribution in [2.45, 2.75) is 32.1 Å². The fraction of sp³-hybridized carbons (Fsp3) is 0.368. The molecule has 1 aliphatic heterocycles. The van der Waals surface area contributed by atoms with Crippen LogP contribution in [-0.4, -0.2) is 24.1 Å². The van der Waals surface area contributed by atoms with Crippen LogP contribution in [-0.2, 0) is 14.9 Å². The summed E-state index contributed by atoms with van der Waals surface area (Å²) in [5.74, 6) is -0.149. The van der Waals surface area contributed by atoms with Crippen LogP contribution in [0.2, 0.25) is 0 Å². The molecule has 0 saturated carbocycles. The summed E-state index contributed by atoms with van der Waals surface area (Å²) in [5.41, 5.74) is 2.22. The molecule has 3 rings (SSSR count). The fourth-order valence-corrected chi connectivity index (χ4v) is 3.15. The Bertz CT molecular complexity index is 787. The minimum atomic E-state index is -0.663. The molecule has 1 aliphatic rings. The van der Waals surface area contributed by atoms with Gasteiger partial charge in [-0.05, 0) is 44.4 Å². The van der Waals surface area contributed by atoms with Gasteiger partial charge in [0.2, 0.25) is 5.91 Å². The van der Waals surface area contributed by atoms with Crippen LogP contribution in [0.1, 0.15) is 29.7 Å². The van der Waals surface area contributed by atoms with Gasteiger partial charge in [0.15, 0.2) is 0 Å². The molecule has 126 valence electrons. The Balaban J connectivity index is 1.95. The van der Waals surface area contributed by atoms with Crippen molar-refractivity contribution < 1.29 is 9.53 Å². The topological polar surface area (TPSA) is 71.2 Å². The van der Waals surface area contributed by atoms with E-state index >= 15 is 0 Å². The second-order valence-corrected chi connectivity index (χ2v) is 6.40. The molecule has 1 aromatic carbocycles. The summed E-state index contributed by atoms with van der Waals surface area (Å²) in [5, 5.41) is 2.82. The molecular weight excluding hydrogens is 304 g/mol. The summed E-state index contributed by atoms with van der Waals surface area (Å²) >= 11 is 0. The van der Waals surface area contributed by atoms with Gasteiger partial charge in [-0.25, -0.2) is 0 Å². The number of benzene rings is 1. The van der Waals surface area contributed by atoms with E-state index in [1.54, 1.807) is 19.1 Å². The Kier molecular flexibility index (Phi) is 4.53. The molecule has 24 heavy (non-hydrogen) atoms. The number of ether oxygens (including phenoxy) is 1. The van der Waals surface area contributed by atoms with Crippen molar-refractivity contribution in [3.63, 3.8) is 0 Å². The number of pyridine rings is 1. The third-order valence-electron chi connectivity index (χ3n) is 4.69. The maximum absolute atomic E-state index is 13.1. The lowest BCUT2D eigenvalue weighted by molar-refractivity contribution is -0.125. The molecule has 5 heteroatoms. The smallest absolute Gasteiger partial charge is 0.271 e. The fourth-order valence-electron chi connectivity index (χ4n) is 3.15. The number of carbonyl (C=O) groups is 1. The van der Waals surface area contributed by atoms with Crippen LogP contribution in [0.3, 0.4) is 0 Å². The van der Waals surface area contributed by atoms with Crippen molar-refractivity contribution >= 4 is 11.6 Å². The molecule has 1 saturated heterocycles. The predicted octanol–water partition coefficient (Wildman–Crippen LogP) is 2.68. The number of hydrogen-bond donors (Lipinski definition) is 2. The van der Waals surface area contributed by atoms with E-state index in [0.717, 1.165) is 16.8 Å². The molecule has 0 spiro atoms. The molecule has 5 nitrogen and oxygen atoms in total. The summed E-state index contributed by atoms with van der Waals surface area (Å²) in [7, 11) is 0. The maximum Gasteiger partial charge on any atom is 0.271 e. The maximum atomic E-state index is 13.1. The van der Waals surface area contributed by atoms with E-state index in [1.165, 1.54) is 0 Å². The highest BCUT2D eigenvalue weighted by molar-refractivity contribution is 5.99. The molecule has 2 N–H and O–H groups in total. The minimum Gasteiger partial charge on any atom is -0.381 e. The Hall–Kier alpha value is -2.40. The number of anilines is 1. The zero-order valence-electron chi connectivity index (χ0n) is 14.0. The highest BCUT2D eigenvalue weighted by Crippen LogP contribution is 2.36. The van der Waals surface area contributed by atoms with Crippen LogP contribution < -0.4 is 10.9 Å². The van der Waals surface area contributed by atoms with Crippen molar-refractivity contribution in [2.24, 2.45) is 0 Å². The van der Waals surface area contributed by atoms with Crippen molar-refractivity contribution in [3.05, 3.63) is 63.6 Å². The largest absolute Gasteiger partial charge is 0.381 e. The van der Waals surface area contributed by atoms with Gasteiger partial charge >= 0.3 is 0 Å². The van der Waals surface area contributed by atoms with E-state index in [-0.39, 0.29) is 17.2 Å². The number of carbonyl (C=O) groups excluding carboxylic acids is 1. The Morgan fingerprint density at radius 2 is 1.75 bits per heavy atom. The molecular formula is C19H22N2O3. The molecule has 0 unspecified atom stereocenters. The van der Waals surface area contributed by atoms with Crippen molar-refractivity contribution in [2.75, 3.05) is 18.5 Å². The van der Waals surface area contributed by atoms with E-state index in [4.69, 9.17) is 4.74 Å². The third kappa shape index (κ3) is 3.12. The van der Waals surface area contributed by atoms with Gasteiger partial charge in [-0.2, -0.15) is 0 Å². The highest BCUT2D eigenvalue weighted by atomic mass is 16.5. The van der Waals surface area contributed by atoms with Crippen LogP contribution in [0, 0.1) is 13.8 Å². The first-order valence-electron chi connectivity index (χ1n) is 8.17. The molecule has 0 radical (unpaired) electrons. The number of nitrogens with one attached hydrogen (secondary N) is 2. The Labute approximate surface area is 141 Å². The summed E-state index contributed by atoms with van der Waals surface area (Å²) in [4.78, 5) is 27.9. The average molecular weight is 326 g/mol. The lowest BCUT2D eigenvalue weighted by atomic mass is 9.73. The van der Waals surface area contributed by atoms with Crippen molar-refractivity contribution in [3.8, 4) is 0 Å². The molecule has 0 aliphatic carbocycles. The molecule has 1 fully saturated rings. The van der Waals surface area contributed by atoms with Gasteiger partial charge in [0.05, 0.1) is 5.41 Å². The Morgan fingerprint density at radius 1 is 1.08 bits per heavy atom. The average Bonchev–Trinajstić information content (AvgIpc) is 2.58. The van der Waals surface area contributed by atoms with Crippen LogP contribution in [0.4, 0.5) is 5.69 Å². The van der Waals surface area contributed by atoms with Crippen LogP contribution in [0.25, 0.3) is 0 Å². The number of aromatic amines is 1. The number of aromatic nitrogens is 1. The number of amides is 1.